The van der Waals surface area contributed by atoms with E-state index in [0.717, 1.165) is 5.69 Å². The topological polar surface area (TPSA) is 102 Å². The Balaban J connectivity index is 1.53. The van der Waals surface area contributed by atoms with E-state index in [1.807, 2.05) is 17.7 Å². The molecule has 0 saturated heterocycles. The molecule has 4 heterocycles. The van der Waals surface area contributed by atoms with Crippen molar-refractivity contribution in [2.24, 2.45) is 7.05 Å². The van der Waals surface area contributed by atoms with Gasteiger partial charge in [0.2, 0.25) is 0 Å². The number of aliphatic hydroxyl groups excluding tert-OH is 1. The number of rotatable bonds is 4. The van der Waals surface area contributed by atoms with Crippen LogP contribution in [0.4, 0.5) is 0 Å². The van der Waals surface area contributed by atoms with Crippen LogP contribution in [-0.4, -0.2) is 47.2 Å². The lowest BCUT2D eigenvalue weighted by Gasteiger charge is -2.26. The van der Waals surface area contributed by atoms with Crippen molar-refractivity contribution in [3.63, 3.8) is 0 Å². The molecule has 1 atom stereocenters. The summed E-state index contributed by atoms with van der Waals surface area (Å²) in [7, 11) is 1.78. The molecule has 1 N–H and O–H groups in total. The highest BCUT2D eigenvalue weighted by atomic mass is 16.5. The van der Waals surface area contributed by atoms with E-state index in [-0.39, 0.29) is 5.91 Å². The number of aryl methyl sites for hydroxylation is 2. The summed E-state index contributed by atoms with van der Waals surface area (Å²) < 4.78 is 8.58. The number of amides is 1. The molecule has 0 aliphatic carbocycles. The van der Waals surface area contributed by atoms with Crippen molar-refractivity contribution in [2.75, 3.05) is 6.54 Å². The Kier molecular flexibility index (Phi) is 4.08. The zero-order valence-corrected chi connectivity index (χ0v) is 14.7. The molecule has 3 aromatic rings. The highest BCUT2D eigenvalue weighted by Gasteiger charge is 2.27. The minimum Gasteiger partial charge on any atom is -0.380 e. The molecule has 0 fully saturated rings. The second-order valence-electron chi connectivity index (χ2n) is 6.32. The maximum atomic E-state index is 12.6. The molecule has 4 rings (SSSR count). The van der Waals surface area contributed by atoms with Crippen LogP contribution in [-0.2, 0) is 26.6 Å². The maximum Gasteiger partial charge on any atom is 0.276 e. The predicted octanol–water partition coefficient (Wildman–Crippen LogP) is 0.905. The standard InChI is InChI=1S/C17H20N6O3/c1-3-12-9-14(20-26-12)17(25)22-6-7-23-11(10-22)8-13(19-23)16(24)15-4-5-18-21(15)2/h4-5,8-9,16,24H,3,6-7,10H2,1-2H3. The lowest BCUT2D eigenvalue weighted by atomic mass is 10.1. The lowest BCUT2D eigenvalue weighted by molar-refractivity contribution is 0.0695. The zero-order valence-electron chi connectivity index (χ0n) is 14.7. The van der Waals surface area contributed by atoms with Crippen LogP contribution >= 0.6 is 0 Å². The van der Waals surface area contributed by atoms with Gasteiger partial charge in [-0.3, -0.25) is 14.2 Å². The quantitative estimate of drug-likeness (QED) is 0.745. The van der Waals surface area contributed by atoms with Crippen LogP contribution in [0.1, 0.15) is 46.4 Å². The molecule has 0 bridgehead atoms. The van der Waals surface area contributed by atoms with E-state index >= 15 is 0 Å². The van der Waals surface area contributed by atoms with Gasteiger partial charge in [0, 0.05) is 32.3 Å². The van der Waals surface area contributed by atoms with Gasteiger partial charge < -0.3 is 14.5 Å². The number of carbonyl (C=O) groups excluding carboxylic acids is 1. The molecular weight excluding hydrogens is 336 g/mol. The summed E-state index contributed by atoms with van der Waals surface area (Å²) in [6.45, 7) is 3.46. The van der Waals surface area contributed by atoms with Crippen molar-refractivity contribution < 1.29 is 14.4 Å². The van der Waals surface area contributed by atoms with E-state index in [0.29, 0.717) is 48.9 Å². The minimum absolute atomic E-state index is 0.158. The fraction of sp³-hybridized carbons (Fsp3) is 0.412. The molecule has 1 aliphatic heterocycles. The predicted molar refractivity (Wildman–Crippen MR) is 90.1 cm³/mol. The van der Waals surface area contributed by atoms with Crippen LogP contribution in [0.3, 0.4) is 0 Å². The Bertz CT molecular complexity index is 940. The highest BCUT2D eigenvalue weighted by molar-refractivity contribution is 5.92. The Morgan fingerprint density at radius 2 is 2.23 bits per heavy atom. The summed E-state index contributed by atoms with van der Waals surface area (Å²) in [6.07, 6.45) is 1.48. The van der Waals surface area contributed by atoms with Crippen molar-refractivity contribution in [1.82, 2.24) is 29.6 Å². The first-order valence-electron chi connectivity index (χ1n) is 8.54. The first-order chi connectivity index (χ1) is 12.6. The molecule has 0 spiro atoms. The number of carbonyl (C=O) groups is 1. The van der Waals surface area contributed by atoms with Gasteiger partial charge in [0.25, 0.3) is 5.91 Å². The van der Waals surface area contributed by atoms with Crippen LogP contribution < -0.4 is 0 Å². The largest absolute Gasteiger partial charge is 0.380 e. The Morgan fingerprint density at radius 3 is 2.92 bits per heavy atom. The van der Waals surface area contributed by atoms with Gasteiger partial charge in [-0.05, 0) is 12.1 Å². The molecule has 1 aliphatic rings. The molecule has 0 saturated carbocycles. The molecule has 136 valence electrons. The number of hydrogen-bond acceptors (Lipinski definition) is 6. The van der Waals surface area contributed by atoms with Gasteiger partial charge in [-0.2, -0.15) is 10.2 Å². The lowest BCUT2D eigenvalue weighted by Crippen LogP contribution is -2.38. The minimum atomic E-state index is -0.854. The first kappa shape index (κ1) is 16.5. The second kappa shape index (κ2) is 6.41. The monoisotopic (exact) mass is 356 g/mol. The molecule has 9 heteroatoms. The molecule has 1 amide bonds. The third-order valence-corrected chi connectivity index (χ3v) is 4.65. The second-order valence-corrected chi connectivity index (χ2v) is 6.32. The summed E-state index contributed by atoms with van der Waals surface area (Å²) in [5.41, 5.74) is 2.42. The van der Waals surface area contributed by atoms with Gasteiger partial charge in [0.05, 0.1) is 30.2 Å². The number of hydrogen-bond donors (Lipinski definition) is 1. The Labute approximate surface area is 149 Å². The average Bonchev–Trinajstić information content (AvgIpc) is 3.38. The molecule has 1 unspecified atom stereocenters. The molecule has 3 aromatic heterocycles. The van der Waals surface area contributed by atoms with Gasteiger partial charge in [-0.25, -0.2) is 0 Å². The van der Waals surface area contributed by atoms with Gasteiger partial charge in [0.1, 0.15) is 11.9 Å². The van der Waals surface area contributed by atoms with Crippen LogP contribution in [0.5, 0.6) is 0 Å². The number of nitrogens with zero attached hydrogens (tertiary/aromatic N) is 6. The molecule has 26 heavy (non-hydrogen) atoms. The van der Waals surface area contributed by atoms with Crippen molar-refractivity contribution in [3.8, 4) is 0 Å². The summed E-state index contributed by atoms with van der Waals surface area (Å²) in [6, 6.07) is 5.28. The fourth-order valence-electron chi connectivity index (χ4n) is 3.14. The molecular formula is C17H20N6O3. The zero-order chi connectivity index (χ0) is 18.3. The molecule has 0 aromatic carbocycles. The van der Waals surface area contributed by atoms with E-state index < -0.39 is 6.10 Å². The van der Waals surface area contributed by atoms with Gasteiger partial charge in [0.15, 0.2) is 5.69 Å². The van der Waals surface area contributed by atoms with E-state index in [4.69, 9.17) is 4.52 Å². The van der Waals surface area contributed by atoms with E-state index in [2.05, 4.69) is 15.4 Å². The number of aromatic nitrogens is 5. The van der Waals surface area contributed by atoms with Crippen LogP contribution in [0.2, 0.25) is 0 Å². The van der Waals surface area contributed by atoms with E-state index in [1.165, 1.54) is 0 Å². The van der Waals surface area contributed by atoms with Gasteiger partial charge >= 0.3 is 0 Å². The van der Waals surface area contributed by atoms with Gasteiger partial charge in [-0.1, -0.05) is 12.1 Å². The summed E-state index contributed by atoms with van der Waals surface area (Å²) >= 11 is 0. The number of fused-ring (bicyclic) bond motifs is 1. The maximum absolute atomic E-state index is 12.6. The summed E-state index contributed by atoms with van der Waals surface area (Å²) in [5.74, 6) is 0.534. The summed E-state index contributed by atoms with van der Waals surface area (Å²) in [5, 5.41) is 23.0. The SMILES string of the molecule is CCc1cc(C(=O)N2CCn3nc(C(O)c4ccnn4C)cc3C2)no1. The van der Waals surface area contributed by atoms with E-state index in [1.54, 1.807) is 35.0 Å². The van der Waals surface area contributed by atoms with Crippen LogP contribution in [0, 0.1) is 0 Å². The van der Waals surface area contributed by atoms with Crippen molar-refractivity contribution >= 4 is 5.91 Å². The van der Waals surface area contributed by atoms with Gasteiger partial charge in [-0.15, -0.1) is 0 Å². The highest BCUT2D eigenvalue weighted by Crippen LogP contribution is 2.23. The normalized spacial score (nSPS) is 15.1. The Morgan fingerprint density at radius 1 is 1.38 bits per heavy atom. The van der Waals surface area contributed by atoms with E-state index in [9.17, 15) is 9.90 Å². The Hall–Kier alpha value is -2.94. The van der Waals surface area contributed by atoms with Crippen LogP contribution in [0.25, 0.3) is 0 Å². The molecule has 9 nitrogen and oxygen atoms in total. The number of aliphatic hydroxyl groups is 1. The average molecular weight is 356 g/mol. The third-order valence-electron chi connectivity index (χ3n) is 4.65. The smallest absolute Gasteiger partial charge is 0.276 e. The summed E-state index contributed by atoms with van der Waals surface area (Å²) in [4.78, 5) is 14.3. The van der Waals surface area contributed by atoms with Crippen molar-refractivity contribution in [2.45, 2.75) is 32.5 Å². The third kappa shape index (κ3) is 2.80. The van der Waals surface area contributed by atoms with Crippen molar-refractivity contribution in [3.05, 3.63) is 52.9 Å². The van der Waals surface area contributed by atoms with Crippen molar-refractivity contribution in [1.29, 1.82) is 0 Å². The fourth-order valence-corrected chi connectivity index (χ4v) is 3.14. The first-order valence-corrected chi connectivity index (χ1v) is 8.54. The molecule has 0 radical (unpaired) electrons. The van der Waals surface area contributed by atoms with Crippen LogP contribution in [0.15, 0.2) is 28.9 Å².